The zero-order chi connectivity index (χ0) is 21.8. The Morgan fingerprint density at radius 2 is 1.81 bits per heavy atom. The summed E-state index contributed by atoms with van der Waals surface area (Å²) in [4.78, 5) is 31.3. The second-order valence-corrected chi connectivity index (χ2v) is 7.72. The van der Waals surface area contributed by atoms with Crippen molar-refractivity contribution >= 4 is 45.3 Å². The van der Waals surface area contributed by atoms with Crippen molar-refractivity contribution in [3.63, 3.8) is 0 Å². The highest BCUT2D eigenvalue weighted by atomic mass is 79.9. The number of hydrazone groups is 1. The van der Waals surface area contributed by atoms with Crippen molar-refractivity contribution in [1.29, 1.82) is 0 Å². The van der Waals surface area contributed by atoms with Crippen molar-refractivity contribution in [2.45, 2.75) is 6.54 Å². The molecule has 9 heteroatoms. The number of H-pyrrole nitrogens is 1. The SMILES string of the molecule is Cn1c(=O)[nH]c(=O)c2c1nc(NN=C/C(Br)=C/c1ccccc1)n2Cc1ccccc1. The highest BCUT2D eigenvalue weighted by Gasteiger charge is 2.17. The van der Waals surface area contributed by atoms with Crippen LogP contribution < -0.4 is 16.7 Å². The lowest BCUT2D eigenvalue weighted by Gasteiger charge is -2.08. The third kappa shape index (κ3) is 4.56. The van der Waals surface area contributed by atoms with Gasteiger partial charge in [-0.3, -0.25) is 18.9 Å². The lowest BCUT2D eigenvalue weighted by atomic mass is 10.2. The summed E-state index contributed by atoms with van der Waals surface area (Å²) in [6.45, 7) is 0.386. The fraction of sp³-hybridized carbons (Fsp3) is 0.0909. The number of aryl methyl sites for hydroxylation is 1. The van der Waals surface area contributed by atoms with E-state index in [9.17, 15) is 9.59 Å². The minimum Gasteiger partial charge on any atom is -0.298 e. The smallest absolute Gasteiger partial charge is 0.298 e. The highest BCUT2D eigenvalue weighted by molar-refractivity contribution is 9.12. The Morgan fingerprint density at radius 1 is 1.13 bits per heavy atom. The van der Waals surface area contributed by atoms with Crippen LogP contribution in [0.5, 0.6) is 0 Å². The summed E-state index contributed by atoms with van der Waals surface area (Å²) in [6, 6.07) is 19.5. The Hall–Kier alpha value is -3.72. The van der Waals surface area contributed by atoms with Gasteiger partial charge in [0.15, 0.2) is 11.2 Å². The van der Waals surface area contributed by atoms with E-state index < -0.39 is 11.2 Å². The molecule has 0 aliphatic carbocycles. The first-order valence-corrected chi connectivity index (χ1v) is 10.3. The van der Waals surface area contributed by atoms with Crippen LogP contribution in [0, 0.1) is 0 Å². The van der Waals surface area contributed by atoms with Gasteiger partial charge in [0.25, 0.3) is 5.56 Å². The summed E-state index contributed by atoms with van der Waals surface area (Å²) < 4.78 is 3.76. The number of hydrogen-bond acceptors (Lipinski definition) is 5. The predicted molar refractivity (Wildman–Crippen MR) is 127 cm³/mol. The molecule has 0 fully saturated rings. The van der Waals surface area contributed by atoms with Gasteiger partial charge in [0.05, 0.1) is 12.8 Å². The van der Waals surface area contributed by atoms with Gasteiger partial charge in [-0.25, -0.2) is 10.2 Å². The molecule has 0 aliphatic rings. The second kappa shape index (κ2) is 8.97. The highest BCUT2D eigenvalue weighted by Crippen LogP contribution is 2.18. The first kappa shape index (κ1) is 20.5. The number of nitrogens with zero attached hydrogens (tertiary/aromatic N) is 4. The average molecular weight is 479 g/mol. The van der Waals surface area contributed by atoms with Crippen LogP contribution in [0.1, 0.15) is 11.1 Å². The Kier molecular flexibility index (Phi) is 5.94. The molecule has 2 aromatic carbocycles. The van der Waals surface area contributed by atoms with Crippen molar-refractivity contribution in [3.05, 3.63) is 97.1 Å². The molecule has 4 aromatic rings. The summed E-state index contributed by atoms with van der Waals surface area (Å²) in [7, 11) is 1.56. The van der Waals surface area contributed by atoms with Gasteiger partial charge < -0.3 is 0 Å². The third-order valence-corrected chi connectivity index (χ3v) is 5.08. The van der Waals surface area contributed by atoms with E-state index in [1.54, 1.807) is 17.8 Å². The molecule has 0 radical (unpaired) electrons. The minimum absolute atomic E-state index is 0.279. The number of fused-ring (bicyclic) bond motifs is 1. The maximum absolute atomic E-state index is 12.5. The van der Waals surface area contributed by atoms with Crippen molar-refractivity contribution in [2.75, 3.05) is 5.43 Å². The Bertz CT molecular complexity index is 1380. The van der Waals surface area contributed by atoms with E-state index in [0.29, 0.717) is 18.0 Å². The van der Waals surface area contributed by atoms with Gasteiger partial charge in [0.2, 0.25) is 5.95 Å². The molecule has 0 atom stereocenters. The van der Waals surface area contributed by atoms with Crippen molar-refractivity contribution in [2.24, 2.45) is 12.1 Å². The monoisotopic (exact) mass is 478 g/mol. The van der Waals surface area contributed by atoms with Crippen LogP contribution in [-0.4, -0.2) is 25.3 Å². The number of halogens is 1. The van der Waals surface area contributed by atoms with E-state index in [-0.39, 0.29) is 5.65 Å². The van der Waals surface area contributed by atoms with E-state index >= 15 is 0 Å². The first-order valence-electron chi connectivity index (χ1n) is 9.48. The standard InChI is InChI=1S/C22H19BrN6O2/c1-28-19-18(20(30)26-22(28)31)29(14-16-10-6-3-7-11-16)21(25-19)27-24-13-17(23)12-15-8-4-2-5-9-15/h2-13H,14H2,1H3,(H,25,27)(H,26,30,31)/b17-12-,24-13?. The zero-order valence-corrected chi connectivity index (χ0v) is 18.2. The first-order chi connectivity index (χ1) is 15.0. The normalized spacial score (nSPS) is 12.0. The molecular formula is C22H19BrN6O2. The number of rotatable bonds is 6. The van der Waals surface area contributed by atoms with Crippen LogP contribution in [-0.2, 0) is 13.6 Å². The van der Waals surface area contributed by atoms with Crippen LogP contribution in [0.4, 0.5) is 5.95 Å². The lowest BCUT2D eigenvalue weighted by Crippen LogP contribution is -2.29. The molecule has 0 spiro atoms. The van der Waals surface area contributed by atoms with Gasteiger partial charge in [0, 0.05) is 11.5 Å². The summed E-state index contributed by atoms with van der Waals surface area (Å²) >= 11 is 3.47. The van der Waals surface area contributed by atoms with E-state index in [1.165, 1.54) is 4.57 Å². The van der Waals surface area contributed by atoms with Crippen molar-refractivity contribution in [1.82, 2.24) is 19.1 Å². The molecule has 2 heterocycles. The molecular weight excluding hydrogens is 460 g/mol. The van der Waals surface area contributed by atoms with Gasteiger partial charge in [-0.2, -0.15) is 10.1 Å². The zero-order valence-electron chi connectivity index (χ0n) is 16.6. The molecule has 2 N–H and O–H groups in total. The lowest BCUT2D eigenvalue weighted by molar-refractivity contribution is 0.808. The molecule has 31 heavy (non-hydrogen) atoms. The van der Waals surface area contributed by atoms with Crippen molar-refractivity contribution in [3.8, 4) is 0 Å². The molecule has 0 aliphatic heterocycles. The van der Waals surface area contributed by atoms with Gasteiger partial charge >= 0.3 is 5.69 Å². The molecule has 8 nitrogen and oxygen atoms in total. The van der Waals surface area contributed by atoms with Gasteiger partial charge in [-0.05, 0) is 33.1 Å². The van der Waals surface area contributed by atoms with E-state index in [1.807, 2.05) is 66.7 Å². The number of anilines is 1. The number of nitrogens with one attached hydrogen (secondary N) is 2. The minimum atomic E-state index is -0.523. The number of allylic oxidation sites excluding steroid dienone is 1. The quantitative estimate of drug-likeness (QED) is 0.328. The molecule has 0 bridgehead atoms. The topological polar surface area (TPSA) is 97.1 Å². The molecule has 0 unspecified atom stereocenters. The maximum atomic E-state index is 12.5. The Morgan fingerprint density at radius 3 is 2.52 bits per heavy atom. The Labute approximate surface area is 185 Å². The molecule has 0 amide bonds. The molecule has 0 saturated heterocycles. The van der Waals surface area contributed by atoms with E-state index in [0.717, 1.165) is 15.6 Å². The molecule has 2 aromatic heterocycles. The number of imidazole rings is 1. The summed E-state index contributed by atoms with van der Waals surface area (Å²) in [6.07, 6.45) is 3.52. The number of aromatic nitrogens is 4. The second-order valence-electron chi connectivity index (χ2n) is 6.81. The number of hydrogen-bond donors (Lipinski definition) is 2. The number of benzene rings is 2. The summed E-state index contributed by atoms with van der Waals surface area (Å²) in [5.41, 5.74) is 4.46. The van der Waals surface area contributed by atoms with Gasteiger partial charge in [0.1, 0.15) is 0 Å². The largest absolute Gasteiger partial charge is 0.329 e. The van der Waals surface area contributed by atoms with Crippen LogP contribution in [0.15, 0.2) is 79.8 Å². The Balaban J connectivity index is 1.71. The molecule has 0 saturated carbocycles. The summed E-state index contributed by atoms with van der Waals surface area (Å²) in [5.74, 6) is 0.349. The van der Waals surface area contributed by atoms with Gasteiger partial charge in [-0.1, -0.05) is 60.7 Å². The summed E-state index contributed by atoms with van der Waals surface area (Å²) in [5, 5.41) is 4.24. The van der Waals surface area contributed by atoms with Crippen molar-refractivity contribution < 1.29 is 0 Å². The molecule has 4 rings (SSSR count). The van der Waals surface area contributed by atoms with Crippen LogP contribution in [0.25, 0.3) is 17.2 Å². The molecule has 156 valence electrons. The van der Waals surface area contributed by atoms with Gasteiger partial charge in [-0.15, -0.1) is 0 Å². The van der Waals surface area contributed by atoms with E-state index in [2.05, 4.69) is 36.4 Å². The third-order valence-electron chi connectivity index (χ3n) is 4.65. The van der Waals surface area contributed by atoms with E-state index in [4.69, 9.17) is 0 Å². The average Bonchev–Trinajstić information content (AvgIpc) is 3.12. The fourth-order valence-corrected chi connectivity index (χ4v) is 3.50. The van der Waals surface area contributed by atoms with Crippen LogP contribution >= 0.6 is 15.9 Å². The number of aromatic amines is 1. The van der Waals surface area contributed by atoms with Crippen LogP contribution in [0.3, 0.4) is 0 Å². The maximum Gasteiger partial charge on any atom is 0.329 e. The predicted octanol–water partition coefficient (Wildman–Crippen LogP) is 3.31. The fourth-order valence-electron chi connectivity index (χ4n) is 3.14. The van der Waals surface area contributed by atoms with Crippen LogP contribution in [0.2, 0.25) is 0 Å².